The summed E-state index contributed by atoms with van der Waals surface area (Å²) >= 11 is 0. The lowest BCUT2D eigenvalue weighted by Crippen LogP contribution is -2.04. The second-order valence-electron chi connectivity index (χ2n) is 7.97. The lowest BCUT2D eigenvalue weighted by molar-refractivity contribution is 0.103. The van der Waals surface area contributed by atoms with E-state index in [4.69, 9.17) is 9.29 Å². The van der Waals surface area contributed by atoms with Crippen molar-refractivity contribution in [2.45, 2.75) is 20.8 Å². The molecule has 0 amide bonds. The normalized spacial score (nSPS) is 12.6. The van der Waals surface area contributed by atoms with Gasteiger partial charge in [-0.15, -0.1) is 0 Å². The molecule has 0 bridgehead atoms. The highest BCUT2D eigenvalue weighted by Gasteiger charge is 2.19. The molecule has 36 heavy (non-hydrogen) atoms. The van der Waals surface area contributed by atoms with Gasteiger partial charge in [0.25, 0.3) is 20.2 Å². The summed E-state index contributed by atoms with van der Waals surface area (Å²) in [7, 11) is -9.13. The van der Waals surface area contributed by atoms with Crippen molar-refractivity contribution in [3.8, 4) is 11.5 Å². The van der Waals surface area contributed by atoms with Crippen LogP contribution in [0.5, 0.6) is 11.5 Å². The van der Waals surface area contributed by atoms with E-state index in [9.17, 15) is 26.2 Å². The molecule has 0 unspecified atom stereocenters. The predicted octanol–water partition coefficient (Wildman–Crippen LogP) is 5.43. The van der Waals surface area contributed by atoms with Crippen LogP contribution in [-0.2, 0) is 20.2 Å². The summed E-state index contributed by atoms with van der Waals surface area (Å²) in [6.07, 6.45) is 2.14. The molecule has 0 saturated carbocycles. The zero-order valence-corrected chi connectivity index (χ0v) is 21.3. The Morgan fingerprint density at radius 1 is 0.833 bits per heavy atom. The molecular formula is C26H24O8S2. The van der Waals surface area contributed by atoms with Crippen molar-refractivity contribution in [3.05, 3.63) is 106 Å². The fraction of sp³-hybridized carbons (Fsp3) is 0.115. The minimum atomic E-state index is -4.66. The van der Waals surface area contributed by atoms with Crippen LogP contribution in [0.2, 0.25) is 0 Å². The Bertz CT molecular complexity index is 1580. The standard InChI is InChI=1S/C26H24O8S2/c1-4-25(36(31,32)33)24-16-22(12-7-19(24)13-14-35(28,29)30)34-21-10-8-20(9-11-21)26(27)23-15-17(2)5-6-18(23)3/h4-16H,1-3H3,(H,28,29,30)(H,31,32,33)/b14-13+,25-4+. The first-order valence-electron chi connectivity index (χ1n) is 10.6. The fourth-order valence-electron chi connectivity index (χ4n) is 3.51. The SMILES string of the molecule is C/C=C(\c1cc(Oc2ccc(C(=O)c3cc(C)ccc3C)cc2)ccc1/C=C/S(=O)(=O)O)S(=O)(=O)O. The first-order valence-corrected chi connectivity index (χ1v) is 13.6. The largest absolute Gasteiger partial charge is 0.457 e. The third kappa shape index (κ3) is 6.76. The molecule has 0 fully saturated rings. The topological polar surface area (TPSA) is 135 Å². The molecule has 3 rings (SSSR count). The number of hydrogen-bond acceptors (Lipinski definition) is 6. The maximum absolute atomic E-state index is 12.9. The molecule has 0 aliphatic heterocycles. The van der Waals surface area contributed by atoms with Crippen molar-refractivity contribution >= 4 is 37.0 Å². The number of benzene rings is 3. The van der Waals surface area contributed by atoms with Gasteiger partial charge in [0.15, 0.2) is 5.78 Å². The molecule has 8 nitrogen and oxygen atoms in total. The van der Waals surface area contributed by atoms with Crippen LogP contribution in [0.25, 0.3) is 11.0 Å². The van der Waals surface area contributed by atoms with Gasteiger partial charge in [0.1, 0.15) is 11.5 Å². The Labute approximate surface area is 210 Å². The van der Waals surface area contributed by atoms with Gasteiger partial charge in [0.05, 0.1) is 10.3 Å². The quantitative estimate of drug-likeness (QED) is 0.292. The van der Waals surface area contributed by atoms with Gasteiger partial charge in [-0.25, -0.2) is 0 Å². The molecule has 3 aromatic carbocycles. The maximum atomic E-state index is 12.9. The van der Waals surface area contributed by atoms with Gasteiger partial charge in [0.2, 0.25) is 0 Å². The minimum absolute atomic E-state index is 0.0425. The van der Waals surface area contributed by atoms with Gasteiger partial charge in [0, 0.05) is 16.7 Å². The smallest absolute Gasteiger partial charge is 0.294 e. The summed E-state index contributed by atoms with van der Waals surface area (Å²) < 4.78 is 70.4. The van der Waals surface area contributed by atoms with Crippen molar-refractivity contribution in [1.82, 2.24) is 0 Å². The molecule has 0 aromatic heterocycles. The number of aryl methyl sites for hydroxylation is 2. The molecule has 3 aromatic rings. The Balaban J connectivity index is 1.94. The summed E-state index contributed by atoms with van der Waals surface area (Å²) in [4.78, 5) is 12.4. The minimum Gasteiger partial charge on any atom is -0.457 e. The van der Waals surface area contributed by atoms with Gasteiger partial charge in [-0.3, -0.25) is 13.9 Å². The Kier molecular flexibility index (Phi) is 7.95. The van der Waals surface area contributed by atoms with E-state index in [0.717, 1.165) is 23.3 Å². The van der Waals surface area contributed by atoms with Crippen LogP contribution >= 0.6 is 0 Å². The summed E-state index contributed by atoms with van der Waals surface area (Å²) in [6, 6.07) is 16.2. The number of carbonyl (C=O) groups excluding carboxylic acids is 1. The van der Waals surface area contributed by atoms with Gasteiger partial charge in [-0.1, -0.05) is 29.8 Å². The third-order valence-electron chi connectivity index (χ3n) is 5.24. The van der Waals surface area contributed by atoms with Crippen molar-refractivity contribution in [3.63, 3.8) is 0 Å². The molecule has 0 heterocycles. The molecule has 2 N–H and O–H groups in total. The monoisotopic (exact) mass is 528 g/mol. The van der Waals surface area contributed by atoms with E-state index in [-0.39, 0.29) is 22.7 Å². The number of allylic oxidation sites excluding steroid dienone is 1. The van der Waals surface area contributed by atoms with Gasteiger partial charge in [-0.2, -0.15) is 16.8 Å². The molecule has 0 radical (unpaired) electrons. The molecule has 0 spiro atoms. The molecular weight excluding hydrogens is 504 g/mol. The average Bonchev–Trinajstić information content (AvgIpc) is 2.79. The highest BCUT2D eigenvalue weighted by atomic mass is 32.2. The summed E-state index contributed by atoms with van der Waals surface area (Å²) in [5.41, 5.74) is 2.95. The fourth-order valence-corrected chi connectivity index (χ4v) is 4.58. The van der Waals surface area contributed by atoms with E-state index in [1.54, 1.807) is 24.3 Å². The van der Waals surface area contributed by atoms with E-state index < -0.39 is 25.1 Å². The van der Waals surface area contributed by atoms with E-state index in [1.807, 2.05) is 32.0 Å². The summed E-state index contributed by atoms with van der Waals surface area (Å²) in [6.45, 7) is 5.16. The van der Waals surface area contributed by atoms with E-state index in [0.29, 0.717) is 22.3 Å². The summed E-state index contributed by atoms with van der Waals surface area (Å²) in [5.74, 6) is 0.407. The highest BCUT2D eigenvalue weighted by molar-refractivity contribution is 7.95. The predicted molar refractivity (Wildman–Crippen MR) is 138 cm³/mol. The van der Waals surface area contributed by atoms with Crippen LogP contribution < -0.4 is 4.74 Å². The Morgan fingerprint density at radius 2 is 1.47 bits per heavy atom. The Morgan fingerprint density at radius 3 is 2.06 bits per heavy atom. The maximum Gasteiger partial charge on any atom is 0.294 e. The zero-order chi connectivity index (χ0) is 26.7. The van der Waals surface area contributed by atoms with Crippen molar-refractivity contribution in [1.29, 1.82) is 0 Å². The van der Waals surface area contributed by atoms with Crippen molar-refractivity contribution < 1.29 is 35.5 Å². The third-order valence-corrected chi connectivity index (χ3v) is 6.73. The second-order valence-corrected chi connectivity index (χ2v) is 10.7. The van der Waals surface area contributed by atoms with Gasteiger partial charge < -0.3 is 4.74 Å². The second kappa shape index (κ2) is 10.6. The van der Waals surface area contributed by atoms with E-state index >= 15 is 0 Å². The van der Waals surface area contributed by atoms with Gasteiger partial charge in [-0.05, 0) is 80.4 Å². The van der Waals surface area contributed by atoms with Crippen LogP contribution in [0.4, 0.5) is 0 Å². The molecule has 0 aliphatic carbocycles. The molecule has 10 heteroatoms. The molecule has 0 saturated heterocycles. The lowest BCUT2D eigenvalue weighted by Gasteiger charge is -2.12. The van der Waals surface area contributed by atoms with Crippen molar-refractivity contribution in [2.75, 3.05) is 0 Å². The van der Waals surface area contributed by atoms with E-state index in [1.165, 1.54) is 25.1 Å². The number of carbonyl (C=O) groups is 1. The average molecular weight is 529 g/mol. The van der Waals surface area contributed by atoms with Crippen molar-refractivity contribution in [2.24, 2.45) is 0 Å². The Hall–Kier alpha value is -3.57. The molecule has 0 atom stereocenters. The van der Waals surface area contributed by atoms with Crippen LogP contribution in [0.15, 0.2) is 72.1 Å². The molecule has 188 valence electrons. The van der Waals surface area contributed by atoms with Crippen LogP contribution in [0.3, 0.4) is 0 Å². The highest BCUT2D eigenvalue weighted by Crippen LogP contribution is 2.31. The number of hydrogen-bond donors (Lipinski definition) is 2. The number of ketones is 1. The molecule has 0 aliphatic rings. The van der Waals surface area contributed by atoms with Crippen LogP contribution in [0.1, 0.15) is 45.1 Å². The van der Waals surface area contributed by atoms with Crippen LogP contribution in [0, 0.1) is 13.8 Å². The summed E-state index contributed by atoms with van der Waals surface area (Å²) in [5, 5.41) is 0.495. The van der Waals surface area contributed by atoms with Gasteiger partial charge >= 0.3 is 0 Å². The first kappa shape index (κ1) is 27.0. The van der Waals surface area contributed by atoms with E-state index in [2.05, 4.69) is 0 Å². The lowest BCUT2D eigenvalue weighted by atomic mass is 9.97. The first-order chi connectivity index (χ1) is 16.8. The number of rotatable bonds is 8. The number of ether oxygens (including phenoxy) is 1. The van der Waals surface area contributed by atoms with Crippen LogP contribution in [-0.4, -0.2) is 31.7 Å². The zero-order valence-electron chi connectivity index (χ0n) is 19.7.